The van der Waals surface area contributed by atoms with Crippen LogP contribution in [0.15, 0.2) is 36.4 Å². The molecule has 126 valence electrons. The lowest BCUT2D eigenvalue weighted by Crippen LogP contribution is -2.15. The Labute approximate surface area is 142 Å². The summed E-state index contributed by atoms with van der Waals surface area (Å²) in [5.74, 6) is -1.38. The van der Waals surface area contributed by atoms with E-state index >= 15 is 0 Å². The highest BCUT2D eigenvalue weighted by molar-refractivity contribution is 6.32. The summed E-state index contributed by atoms with van der Waals surface area (Å²) < 4.78 is 19.4. The predicted molar refractivity (Wildman–Crippen MR) is 88.2 cm³/mol. The highest BCUT2D eigenvalue weighted by atomic mass is 35.5. The molecule has 2 rings (SSSR count). The summed E-state index contributed by atoms with van der Waals surface area (Å²) in [6.45, 7) is 3.54. The molecule has 0 heterocycles. The van der Waals surface area contributed by atoms with Crippen molar-refractivity contribution in [1.82, 2.24) is 0 Å². The van der Waals surface area contributed by atoms with E-state index < -0.39 is 16.6 Å². The average Bonchev–Trinajstić information content (AvgIpc) is 2.51. The van der Waals surface area contributed by atoms with Crippen LogP contribution in [0.5, 0.6) is 5.75 Å². The predicted octanol–water partition coefficient (Wildman–Crippen LogP) is 4.43. The zero-order valence-corrected chi connectivity index (χ0v) is 13.6. The molecule has 0 unspecified atom stereocenters. The smallest absolute Gasteiger partial charge is 0.282 e. The Hall–Kier alpha value is -2.67. The van der Waals surface area contributed by atoms with E-state index in [0.29, 0.717) is 0 Å². The summed E-state index contributed by atoms with van der Waals surface area (Å²) in [5, 5.41) is 13.3. The van der Waals surface area contributed by atoms with Gasteiger partial charge in [0.2, 0.25) is 0 Å². The van der Waals surface area contributed by atoms with Crippen LogP contribution >= 0.6 is 11.6 Å². The molecule has 1 amide bonds. The summed E-state index contributed by atoms with van der Waals surface area (Å²) in [6.07, 6.45) is -0.202. The number of nitro groups is 1. The Kier molecular flexibility index (Phi) is 5.35. The summed E-state index contributed by atoms with van der Waals surface area (Å²) >= 11 is 5.90. The maximum Gasteiger partial charge on any atom is 0.282 e. The number of nitro benzene ring substituents is 1. The van der Waals surface area contributed by atoms with E-state index in [1.165, 1.54) is 30.3 Å². The molecule has 0 aromatic heterocycles. The van der Waals surface area contributed by atoms with Gasteiger partial charge in [-0.1, -0.05) is 23.7 Å². The van der Waals surface area contributed by atoms with Gasteiger partial charge in [0.05, 0.1) is 21.7 Å². The Morgan fingerprint density at radius 2 is 2.00 bits per heavy atom. The van der Waals surface area contributed by atoms with Gasteiger partial charge < -0.3 is 10.1 Å². The van der Waals surface area contributed by atoms with Gasteiger partial charge in [-0.05, 0) is 26.0 Å². The third kappa shape index (κ3) is 3.99. The minimum atomic E-state index is -0.806. The van der Waals surface area contributed by atoms with Crippen molar-refractivity contribution in [2.45, 2.75) is 20.0 Å². The van der Waals surface area contributed by atoms with Crippen molar-refractivity contribution in [3.63, 3.8) is 0 Å². The first-order chi connectivity index (χ1) is 11.3. The van der Waals surface area contributed by atoms with Crippen molar-refractivity contribution in [2.24, 2.45) is 0 Å². The van der Waals surface area contributed by atoms with E-state index in [0.717, 1.165) is 6.07 Å². The zero-order chi connectivity index (χ0) is 17.9. The van der Waals surface area contributed by atoms with Crippen LogP contribution in [-0.2, 0) is 0 Å². The van der Waals surface area contributed by atoms with Crippen LogP contribution < -0.4 is 10.1 Å². The van der Waals surface area contributed by atoms with E-state index in [-0.39, 0.29) is 33.8 Å². The molecular formula is C16H14ClFN2O4. The van der Waals surface area contributed by atoms with Crippen LogP contribution in [0.2, 0.25) is 5.02 Å². The van der Waals surface area contributed by atoms with Crippen molar-refractivity contribution >= 4 is 28.9 Å². The third-order valence-corrected chi connectivity index (χ3v) is 3.27. The highest BCUT2D eigenvalue weighted by Gasteiger charge is 2.21. The first-order valence-corrected chi connectivity index (χ1v) is 7.38. The maximum absolute atomic E-state index is 14.0. The molecule has 0 aliphatic rings. The number of anilines is 1. The molecule has 0 aliphatic carbocycles. The van der Waals surface area contributed by atoms with Gasteiger partial charge in [0.15, 0.2) is 0 Å². The molecule has 0 radical (unpaired) electrons. The van der Waals surface area contributed by atoms with Crippen LogP contribution in [0.25, 0.3) is 0 Å². The molecule has 0 spiro atoms. The number of nitrogens with zero attached hydrogens (tertiary/aromatic N) is 1. The van der Waals surface area contributed by atoms with E-state index in [1.54, 1.807) is 13.8 Å². The SMILES string of the molecule is CC(C)Oc1cc(NC(=O)c2ccccc2[N+](=O)[O-])c(F)cc1Cl. The number of amides is 1. The molecule has 0 atom stereocenters. The third-order valence-electron chi connectivity index (χ3n) is 2.98. The number of carbonyl (C=O) groups is 1. The Bertz CT molecular complexity index is 796. The van der Waals surface area contributed by atoms with Crippen molar-refractivity contribution in [3.05, 3.63) is 62.9 Å². The lowest BCUT2D eigenvalue weighted by molar-refractivity contribution is -0.385. The number of hydrogen-bond acceptors (Lipinski definition) is 4. The topological polar surface area (TPSA) is 81.5 Å². The van der Waals surface area contributed by atoms with Crippen LogP contribution in [-0.4, -0.2) is 16.9 Å². The first kappa shape index (κ1) is 17.7. The molecule has 2 aromatic rings. The van der Waals surface area contributed by atoms with E-state index in [9.17, 15) is 19.3 Å². The van der Waals surface area contributed by atoms with Crippen LogP contribution in [0, 0.1) is 15.9 Å². The van der Waals surface area contributed by atoms with Gasteiger partial charge in [-0.3, -0.25) is 14.9 Å². The molecule has 0 saturated heterocycles. The normalized spacial score (nSPS) is 10.5. The second-order valence-electron chi connectivity index (χ2n) is 5.16. The van der Waals surface area contributed by atoms with E-state index in [2.05, 4.69) is 5.32 Å². The molecule has 1 N–H and O–H groups in total. The molecule has 24 heavy (non-hydrogen) atoms. The van der Waals surface area contributed by atoms with Crippen LogP contribution in [0.3, 0.4) is 0 Å². The number of carbonyl (C=O) groups excluding carboxylic acids is 1. The van der Waals surface area contributed by atoms with E-state index in [1.807, 2.05) is 0 Å². The second-order valence-corrected chi connectivity index (χ2v) is 5.56. The Morgan fingerprint density at radius 1 is 1.33 bits per heavy atom. The molecule has 0 aliphatic heterocycles. The maximum atomic E-state index is 14.0. The molecular weight excluding hydrogens is 339 g/mol. The quantitative estimate of drug-likeness (QED) is 0.637. The van der Waals surface area contributed by atoms with Gasteiger partial charge in [-0.25, -0.2) is 4.39 Å². The molecule has 0 saturated carbocycles. The summed E-state index contributed by atoms with van der Waals surface area (Å²) in [5.41, 5.74) is -0.732. The minimum absolute atomic E-state index is 0.0601. The molecule has 0 fully saturated rings. The second kappa shape index (κ2) is 7.27. The lowest BCUT2D eigenvalue weighted by atomic mass is 10.1. The summed E-state index contributed by atoms with van der Waals surface area (Å²) in [4.78, 5) is 22.6. The molecule has 0 bridgehead atoms. The fraction of sp³-hybridized carbons (Fsp3) is 0.188. The molecule has 2 aromatic carbocycles. The van der Waals surface area contributed by atoms with Gasteiger partial charge in [0, 0.05) is 12.1 Å². The number of para-hydroxylation sites is 1. The first-order valence-electron chi connectivity index (χ1n) is 7.00. The van der Waals surface area contributed by atoms with Gasteiger partial charge in [-0.15, -0.1) is 0 Å². The van der Waals surface area contributed by atoms with Crippen molar-refractivity contribution in [3.8, 4) is 5.75 Å². The summed E-state index contributed by atoms with van der Waals surface area (Å²) in [6, 6.07) is 7.64. The lowest BCUT2D eigenvalue weighted by Gasteiger charge is -2.14. The molecule has 8 heteroatoms. The van der Waals surface area contributed by atoms with Crippen molar-refractivity contribution in [2.75, 3.05) is 5.32 Å². The number of ether oxygens (including phenoxy) is 1. The van der Waals surface area contributed by atoms with Crippen LogP contribution in [0.4, 0.5) is 15.8 Å². The average molecular weight is 353 g/mol. The standard InChI is InChI=1S/C16H14ClFN2O4/c1-9(2)24-15-8-13(12(18)7-11(15)17)19-16(21)10-5-3-4-6-14(10)20(22)23/h3-9H,1-2H3,(H,19,21). The van der Waals surface area contributed by atoms with Gasteiger partial charge in [-0.2, -0.15) is 0 Å². The van der Waals surface area contributed by atoms with E-state index in [4.69, 9.17) is 16.3 Å². The Balaban J connectivity index is 2.34. The zero-order valence-electron chi connectivity index (χ0n) is 12.9. The van der Waals surface area contributed by atoms with Gasteiger partial charge in [0.25, 0.3) is 11.6 Å². The minimum Gasteiger partial charge on any atom is -0.489 e. The van der Waals surface area contributed by atoms with Crippen molar-refractivity contribution in [1.29, 1.82) is 0 Å². The fourth-order valence-corrected chi connectivity index (χ4v) is 2.18. The molecule has 6 nitrogen and oxygen atoms in total. The van der Waals surface area contributed by atoms with Crippen molar-refractivity contribution < 1.29 is 18.8 Å². The monoisotopic (exact) mass is 352 g/mol. The summed E-state index contributed by atoms with van der Waals surface area (Å²) in [7, 11) is 0. The number of benzene rings is 2. The number of hydrogen-bond donors (Lipinski definition) is 1. The van der Waals surface area contributed by atoms with Gasteiger partial charge in [0.1, 0.15) is 17.1 Å². The number of halogens is 2. The highest BCUT2D eigenvalue weighted by Crippen LogP contribution is 2.32. The fourth-order valence-electron chi connectivity index (χ4n) is 1.98. The number of rotatable bonds is 5. The van der Waals surface area contributed by atoms with Gasteiger partial charge >= 0.3 is 0 Å². The van der Waals surface area contributed by atoms with Crippen LogP contribution in [0.1, 0.15) is 24.2 Å². The number of nitrogens with one attached hydrogen (secondary N) is 1. The Morgan fingerprint density at radius 3 is 2.62 bits per heavy atom. The largest absolute Gasteiger partial charge is 0.489 e.